The third kappa shape index (κ3) is 2.75. The molecule has 118 valence electrons. The van der Waals surface area contributed by atoms with Crippen molar-refractivity contribution < 1.29 is 17.9 Å². The summed E-state index contributed by atoms with van der Waals surface area (Å²) in [5.74, 6) is -0.637. The molecule has 22 heavy (non-hydrogen) atoms. The maximum Gasteiger partial charge on any atom is 0.349 e. The predicted octanol–water partition coefficient (Wildman–Crippen LogP) is 0.790. The van der Waals surface area contributed by atoms with Gasteiger partial charge in [-0.15, -0.1) is 0 Å². The van der Waals surface area contributed by atoms with Crippen molar-refractivity contribution in [1.29, 1.82) is 0 Å². The molecule has 1 heterocycles. The number of rotatable bonds is 4. The smallest absolute Gasteiger partial charge is 0.349 e. The van der Waals surface area contributed by atoms with Gasteiger partial charge in [0, 0.05) is 19.5 Å². The van der Waals surface area contributed by atoms with Crippen molar-refractivity contribution in [2.24, 2.45) is 0 Å². The Morgan fingerprint density at radius 3 is 2.45 bits per heavy atom. The highest BCUT2D eigenvalue weighted by atomic mass is 32.2. The van der Waals surface area contributed by atoms with Crippen molar-refractivity contribution in [3.05, 3.63) is 52.2 Å². The van der Waals surface area contributed by atoms with Gasteiger partial charge in [-0.05, 0) is 37.1 Å². The lowest BCUT2D eigenvalue weighted by Gasteiger charge is -2.07. The summed E-state index contributed by atoms with van der Waals surface area (Å²) in [6.45, 7) is 3.33. The summed E-state index contributed by atoms with van der Waals surface area (Å²) >= 11 is 0. The fraction of sp³-hybridized carbons (Fsp3) is 0.286. The molecule has 0 atom stereocenters. The molecule has 0 fully saturated rings. The Morgan fingerprint density at radius 2 is 1.86 bits per heavy atom. The number of methoxy groups -OCH3 is 1. The van der Waals surface area contributed by atoms with Gasteiger partial charge in [-0.3, -0.25) is 4.79 Å². The highest BCUT2D eigenvalue weighted by Gasteiger charge is 2.22. The zero-order valence-corrected chi connectivity index (χ0v) is 13.3. The van der Waals surface area contributed by atoms with Gasteiger partial charge in [-0.25, -0.2) is 17.8 Å². The number of hydrogen-bond acceptors (Lipinski definition) is 5. The lowest BCUT2D eigenvalue weighted by molar-refractivity contribution is 0.0757. The van der Waals surface area contributed by atoms with Gasteiger partial charge in [0.1, 0.15) is 6.61 Å². The summed E-state index contributed by atoms with van der Waals surface area (Å²) in [5.41, 5.74) is 0.795. The summed E-state index contributed by atoms with van der Waals surface area (Å²) in [4.78, 5) is 23.8. The minimum absolute atomic E-state index is 0.00496. The second-order valence-electron chi connectivity index (χ2n) is 4.82. The first-order chi connectivity index (χ1) is 10.3. The van der Waals surface area contributed by atoms with E-state index in [4.69, 9.17) is 0 Å². The molecule has 0 spiro atoms. The largest absolute Gasteiger partial charge is 0.375 e. The minimum Gasteiger partial charge on any atom is -0.375 e. The minimum atomic E-state index is -4.05. The number of carbonyl (C=O) groups excluding carboxylic acids is 1. The van der Waals surface area contributed by atoms with Crippen LogP contribution in [0.3, 0.4) is 0 Å². The van der Waals surface area contributed by atoms with Crippen LogP contribution in [-0.2, 0) is 14.8 Å². The first kappa shape index (κ1) is 16.2. The number of ether oxygens (including phenoxy) is 1. The van der Waals surface area contributed by atoms with E-state index < -0.39 is 21.6 Å². The molecule has 1 aromatic heterocycles. The van der Waals surface area contributed by atoms with Crippen LogP contribution in [0.25, 0.3) is 0 Å². The first-order valence-electron chi connectivity index (χ1n) is 6.44. The predicted molar refractivity (Wildman–Crippen MR) is 79.7 cm³/mol. The molecule has 2 rings (SSSR count). The van der Waals surface area contributed by atoms with Gasteiger partial charge < -0.3 is 4.74 Å². The fourth-order valence-electron chi connectivity index (χ4n) is 1.91. The molecule has 2 aromatic rings. The Hall–Kier alpha value is -2.19. The Morgan fingerprint density at radius 1 is 1.18 bits per heavy atom. The van der Waals surface area contributed by atoms with Crippen LogP contribution in [0.15, 0.2) is 40.3 Å². The Kier molecular flexibility index (Phi) is 4.34. The van der Waals surface area contributed by atoms with E-state index in [2.05, 4.69) is 4.74 Å². The van der Waals surface area contributed by atoms with Crippen molar-refractivity contribution in [2.75, 3.05) is 13.7 Å². The molecular weight excluding hydrogens is 308 g/mol. The van der Waals surface area contributed by atoms with Gasteiger partial charge in [0.05, 0.1) is 4.90 Å². The lowest BCUT2D eigenvalue weighted by Crippen LogP contribution is -2.33. The molecule has 0 unspecified atom stereocenters. The van der Waals surface area contributed by atoms with Crippen molar-refractivity contribution in [3.8, 4) is 0 Å². The summed E-state index contributed by atoms with van der Waals surface area (Å²) in [5, 5.41) is 0. The van der Waals surface area contributed by atoms with Crippen molar-refractivity contribution in [2.45, 2.75) is 18.7 Å². The molecule has 0 amide bonds. The molecule has 7 nitrogen and oxygen atoms in total. The van der Waals surface area contributed by atoms with E-state index in [0.717, 1.165) is 23.5 Å². The summed E-state index contributed by atoms with van der Waals surface area (Å²) in [6.07, 6.45) is 2.17. The van der Waals surface area contributed by atoms with Gasteiger partial charge in [0.25, 0.3) is 15.9 Å². The molecule has 0 saturated carbocycles. The molecule has 0 radical (unpaired) electrons. The standard InChI is InChI=1S/C14H16N2O5S/c1-10-4-5-12(8-11(10)2)22(19,20)16-7-6-15(14(16)18)13(17)9-21-3/h4-8H,9H2,1-3H3. The first-order valence-corrected chi connectivity index (χ1v) is 7.88. The number of carbonyl (C=O) groups is 1. The van der Waals surface area contributed by atoms with E-state index in [1.807, 2.05) is 6.92 Å². The molecule has 0 aliphatic heterocycles. The third-order valence-corrected chi connectivity index (χ3v) is 4.96. The van der Waals surface area contributed by atoms with Crippen LogP contribution in [0.5, 0.6) is 0 Å². The van der Waals surface area contributed by atoms with Gasteiger partial charge in [0.2, 0.25) is 0 Å². The maximum absolute atomic E-state index is 12.5. The zero-order valence-electron chi connectivity index (χ0n) is 12.4. The zero-order chi connectivity index (χ0) is 16.5. The van der Waals surface area contributed by atoms with Crippen LogP contribution in [0.2, 0.25) is 0 Å². The average molecular weight is 324 g/mol. The Bertz CT molecular complexity index is 877. The van der Waals surface area contributed by atoms with Crippen LogP contribution in [-0.4, -0.2) is 36.6 Å². The monoisotopic (exact) mass is 324 g/mol. The van der Waals surface area contributed by atoms with E-state index in [0.29, 0.717) is 8.54 Å². The summed E-state index contributed by atoms with van der Waals surface area (Å²) in [7, 11) is -2.73. The Balaban J connectivity index is 2.53. The fourth-order valence-corrected chi connectivity index (χ4v) is 3.22. The molecular formula is C14H16N2O5S. The second-order valence-corrected chi connectivity index (χ2v) is 6.64. The molecule has 8 heteroatoms. The van der Waals surface area contributed by atoms with Gasteiger partial charge >= 0.3 is 5.69 Å². The molecule has 0 bridgehead atoms. The van der Waals surface area contributed by atoms with Crippen LogP contribution in [0, 0.1) is 13.8 Å². The topological polar surface area (TPSA) is 87.4 Å². The maximum atomic E-state index is 12.5. The number of hydrogen-bond donors (Lipinski definition) is 0. The van der Waals surface area contributed by atoms with Crippen LogP contribution in [0.1, 0.15) is 15.9 Å². The van der Waals surface area contributed by atoms with E-state index in [9.17, 15) is 18.0 Å². The van der Waals surface area contributed by atoms with Gasteiger partial charge in [-0.1, -0.05) is 6.07 Å². The number of imidazole rings is 1. The normalized spacial score (nSPS) is 11.6. The molecule has 1 aromatic carbocycles. The molecule has 0 aliphatic rings. The van der Waals surface area contributed by atoms with E-state index in [1.165, 1.54) is 19.2 Å². The van der Waals surface area contributed by atoms with E-state index >= 15 is 0 Å². The molecule has 0 N–H and O–H groups in total. The van der Waals surface area contributed by atoms with Gasteiger partial charge in [0.15, 0.2) is 0 Å². The summed E-state index contributed by atoms with van der Waals surface area (Å²) in [6, 6.07) is 4.59. The van der Waals surface area contributed by atoms with Crippen molar-refractivity contribution in [1.82, 2.24) is 8.54 Å². The number of benzene rings is 1. The highest BCUT2D eigenvalue weighted by molar-refractivity contribution is 7.90. The van der Waals surface area contributed by atoms with Gasteiger partial charge in [-0.2, -0.15) is 3.97 Å². The third-order valence-electron chi connectivity index (χ3n) is 3.32. The second kappa shape index (κ2) is 5.90. The summed E-state index contributed by atoms with van der Waals surface area (Å²) < 4.78 is 30.9. The van der Waals surface area contributed by atoms with Crippen molar-refractivity contribution >= 4 is 15.9 Å². The van der Waals surface area contributed by atoms with Crippen LogP contribution in [0.4, 0.5) is 0 Å². The number of nitrogens with zero attached hydrogens (tertiary/aromatic N) is 2. The number of aryl methyl sites for hydroxylation is 2. The van der Waals surface area contributed by atoms with Crippen molar-refractivity contribution in [3.63, 3.8) is 0 Å². The van der Waals surface area contributed by atoms with E-state index in [-0.39, 0.29) is 11.5 Å². The lowest BCUT2D eigenvalue weighted by atomic mass is 10.1. The SMILES string of the molecule is COCC(=O)n1ccn(S(=O)(=O)c2ccc(C)c(C)c2)c1=O. The quantitative estimate of drug-likeness (QED) is 0.830. The molecule has 0 aliphatic carbocycles. The number of aromatic nitrogens is 2. The molecule has 0 saturated heterocycles. The Labute approximate surface area is 127 Å². The van der Waals surface area contributed by atoms with Crippen LogP contribution < -0.4 is 5.69 Å². The van der Waals surface area contributed by atoms with Crippen LogP contribution >= 0.6 is 0 Å². The highest BCUT2D eigenvalue weighted by Crippen LogP contribution is 2.16. The average Bonchev–Trinajstić information content (AvgIpc) is 2.84. The van der Waals surface area contributed by atoms with E-state index in [1.54, 1.807) is 13.0 Å².